The summed E-state index contributed by atoms with van der Waals surface area (Å²) in [5, 5.41) is 4.94. The minimum Gasteiger partial charge on any atom is -0.309 e. The van der Waals surface area contributed by atoms with Crippen molar-refractivity contribution in [3.05, 3.63) is 200 Å². The van der Waals surface area contributed by atoms with E-state index in [1.807, 2.05) is 60.7 Å². The van der Waals surface area contributed by atoms with Gasteiger partial charge in [-0.2, -0.15) is 0 Å². The molecule has 0 spiro atoms. The van der Waals surface area contributed by atoms with Crippen LogP contribution in [0.4, 0.5) is 0 Å². The summed E-state index contributed by atoms with van der Waals surface area (Å²) in [5.74, 6) is 2.62. The van der Waals surface area contributed by atoms with Crippen LogP contribution in [0.3, 0.4) is 0 Å². The fraction of sp³-hybridized carbons (Fsp3) is 0.105. The smallest absolute Gasteiger partial charge is 0.164 e. The molecule has 5 nitrogen and oxygen atoms in total. The van der Waals surface area contributed by atoms with E-state index in [0.717, 1.165) is 33.4 Å². The van der Waals surface area contributed by atoms with E-state index in [0.29, 0.717) is 23.4 Å². The average Bonchev–Trinajstić information content (AvgIpc) is 3.87. The standard InChI is InChI=1S/C57H43N5/c1-4-15-38(16-5-1)39-27-31-45(32-28-39)61-52-26-13-11-24-48(52)50-36-42(30-34-53(50)61)43-29-33-49-47-23-10-12-25-51(47)62(54(49)37-43)46-22-14-21-44(35-46)57-59-55(40-17-6-2-7-18-40)58-56(60-57)41-19-8-3-9-20-41/h2-3,6-14,17-38H,1,4-5,15-16H2. The molecule has 296 valence electrons. The maximum Gasteiger partial charge on any atom is 0.164 e. The molecule has 0 unspecified atom stereocenters. The molecule has 1 fully saturated rings. The Kier molecular flexibility index (Phi) is 8.84. The number of hydrogen-bond acceptors (Lipinski definition) is 3. The van der Waals surface area contributed by atoms with Crippen LogP contribution in [-0.2, 0) is 0 Å². The van der Waals surface area contributed by atoms with E-state index in [2.05, 4.69) is 143 Å². The van der Waals surface area contributed by atoms with Crippen LogP contribution in [-0.4, -0.2) is 24.1 Å². The predicted octanol–water partition coefficient (Wildman–Crippen LogP) is 14.8. The molecule has 0 radical (unpaired) electrons. The molecule has 1 saturated carbocycles. The fourth-order valence-corrected chi connectivity index (χ4v) is 9.91. The summed E-state index contributed by atoms with van der Waals surface area (Å²) >= 11 is 0. The van der Waals surface area contributed by atoms with Crippen LogP contribution in [0.2, 0.25) is 0 Å². The number of rotatable bonds is 7. The first-order valence-electron chi connectivity index (χ1n) is 21.9. The van der Waals surface area contributed by atoms with E-state index in [4.69, 9.17) is 15.0 Å². The van der Waals surface area contributed by atoms with Crippen LogP contribution < -0.4 is 0 Å². The van der Waals surface area contributed by atoms with Gasteiger partial charge in [-0.05, 0) is 90.0 Å². The highest BCUT2D eigenvalue weighted by atomic mass is 15.0. The summed E-state index contributed by atoms with van der Waals surface area (Å²) in [6.45, 7) is 0. The van der Waals surface area contributed by atoms with Gasteiger partial charge >= 0.3 is 0 Å². The van der Waals surface area contributed by atoms with Gasteiger partial charge in [-0.15, -0.1) is 0 Å². The molecule has 1 aliphatic rings. The maximum atomic E-state index is 5.06. The molecule has 3 heterocycles. The Balaban J connectivity index is 0.974. The van der Waals surface area contributed by atoms with Crippen molar-refractivity contribution in [1.82, 2.24) is 24.1 Å². The molecule has 0 saturated heterocycles. The Labute approximate surface area is 360 Å². The Morgan fingerprint density at radius 2 is 0.839 bits per heavy atom. The first-order chi connectivity index (χ1) is 30.7. The Morgan fingerprint density at radius 3 is 1.52 bits per heavy atom. The van der Waals surface area contributed by atoms with Gasteiger partial charge in [-0.25, -0.2) is 15.0 Å². The highest BCUT2D eigenvalue weighted by Crippen LogP contribution is 2.40. The van der Waals surface area contributed by atoms with E-state index in [1.54, 1.807) is 0 Å². The second kappa shape index (κ2) is 15.1. The van der Waals surface area contributed by atoms with Crippen molar-refractivity contribution < 1.29 is 0 Å². The number of aromatic nitrogens is 5. The third-order valence-electron chi connectivity index (χ3n) is 13.0. The minimum absolute atomic E-state index is 0.633. The molecule has 12 rings (SSSR count). The molecule has 5 heteroatoms. The number of benzene rings is 8. The second-order valence-electron chi connectivity index (χ2n) is 16.7. The lowest BCUT2D eigenvalue weighted by molar-refractivity contribution is 0.443. The largest absolute Gasteiger partial charge is 0.309 e. The van der Waals surface area contributed by atoms with Gasteiger partial charge in [0.15, 0.2) is 17.5 Å². The van der Waals surface area contributed by atoms with E-state index in [9.17, 15) is 0 Å². The summed E-state index contributed by atoms with van der Waals surface area (Å²) in [6.07, 6.45) is 6.68. The van der Waals surface area contributed by atoms with Gasteiger partial charge in [-0.3, -0.25) is 0 Å². The zero-order valence-electron chi connectivity index (χ0n) is 34.3. The Hall–Kier alpha value is -7.63. The molecule has 0 amide bonds. The summed E-state index contributed by atoms with van der Waals surface area (Å²) in [6, 6.07) is 69.7. The van der Waals surface area contributed by atoms with Crippen molar-refractivity contribution in [1.29, 1.82) is 0 Å². The summed E-state index contributed by atoms with van der Waals surface area (Å²) < 4.78 is 4.82. The van der Waals surface area contributed by atoms with Crippen molar-refractivity contribution in [2.45, 2.75) is 38.0 Å². The van der Waals surface area contributed by atoms with E-state index < -0.39 is 0 Å². The van der Waals surface area contributed by atoms with E-state index in [-0.39, 0.29) is 0 Å². The van der Waals surface area contributed by atoms with Crippen LogP contribution in [0.15, 0.2) is 194 Å². The maximum absolute atomic E-state index is 5.06. The van der Waals surface area contributed by atoms with Crippen molar-refractivity contribution in [2.75, 3.05) is 0 Å². The first kappa shape index (κ1) is 36.2. The molecular weight excluding hydrogens is 755 g/mol. The average molecular weight is 798 g/mol. The molecule has 0 N–H and O–H groups in total. The zero-order valence-corrected chi connectivity index (χ0v) is 34.3. The molecule has 0 aliphatic heterocycles. The summed E-state index contributed by atoms with van der Waals surface area (Å²) in [7, 11) is 0. The van der Waals surface area contributed by atoms with E-state index >= 15 is 0 Å². The van der Waals surface area contributed by atoms with Crippen molar-refractivity contribution >= 4 is 43.6 Å². The molecule has 8 aromatic carbocycles. The number of hydrogen-bond donors (Lipinski definition) is 0. The third kappa shape index (κ3) is 6.28. The molecule has 11 aromatic rings. The quantitative estimate of drug-likeness (QED) is 0.161. The van der Waals surface area contributed by atoms with Crippen LogP contribution in [0.25, 0.3) is 100 Å². The van der Waals surface area contributed by atoms with Gasteiger partial charge in [0.2, 0.25) is 0 Å². The van der Waals surface area contributed by atoms with Crippen molar-refractivity contribution in [3.63, 3.8) is 0 Å². The van der Waals surface area contributed by atoms with Crippen LogP contribution >= 0.6 is 0 Å². The lowest BCUT2D eigenvalue weighted by Gasteiger charge is -2.22. The molecule has 62 heavy (non-hydrogen) atoms. The SMILES string of the molecule is c1ccc(-c2nc(-c3ccccc3)nc(-c3cccc(-n4c5ccccc5c5ccc(-c6ccc7c(c6)c6ccccc6n7-c6ccc(C7CCCCC7)cc6)cc54)c3)n2)cc1. The molecule has 3 aromatic heterocycles. The topological polar surface area (TPSA) is 48.5 Å². The number of para-hydroxylation sites is 2. The first-order valence-corrected chi connectivity index (χ1v) is 21.9. The van der Waals surface area contributed by atoms with Gasteiger partial charge in [-0.1, -0.05) is 159 Å². The normalized spacial score (nSPS) is 13.4. The predicted molar refractivity (Wildman–Crippen MR) is 256 cm³/mol. The van der Waals surface area contributed by atoms with Crippen LogP contribution in [0.1, 0.15) is 43.6 Å². The van der Waals surface area contributed by atoms with Gasteiger partial charge < -0.3 is 9.13 Å². The number of fused-ring (bicyclic) bond motifs is 6. The summed E-state index contributed by atoms with van der Waals surface area (Å²) in [5.41, 5.74) is 13.7. The highest BCUT2D eigenvalue weighted by molar-refractivity contribution is 6.12. The van der Waals surface area contributed by atoms with Crippen molar-refractivity contribution in [2.24, 2.45) is 0 Å². The Bertz CT molecular complexity index is 3370. The minimum atomic E-state index is 0.633. The lowest BCUT2D eigenvalue weighted by atomic mass is 9.84. The molecule has 1 aliphatic carbocycles. The third-order valence-corrected chi connectivity index (χ3v) is 13.0. The van der Waals surface area contributed by atoms with Gasteiger partial charge in [0, 0.05) is 49.6 Å². The lowest BCUT2D eigenvalue weighted by Crippen LogP contribution is -2.04. The number of nitrogens with zero attached hydrogens (tertiary/aromatic N) is 5. The monoisotopic (exact) mass is 797 g/mol. The zero-order chi connectivity index (χ0) is 41.0. The van der Waals surface area contributed by atoms with Gasteiger partial charge in [0.05, 0.1) is 22.1 Å². The van der Waals surface area contributed by atoms with E-state index in [1.165, 1.54) is 87.1 Å². The highest BCUT2D eigenvalue weighted by Gasteiger charge is 2.19. The fourth-order valence-electron chi connectivity index (χ4n) is 9.91. The van der Waals surface area contributed by atoms with Gasteiger partial charge in [0.25, 0.3) is 0 Å². The molecule has 0 bridgehead atoms. The van der Waals surface area contributed by atoms with Crippen LogP contribution in [0.5, 0.6) is 0 Å². The molecular formula is C57H43N5. The van der Waals surface area contributed by atoms with Crippen LogP contribution in [0, 0.1) is 0 Å². The molecule has 0 atom stereocenters. The van der Waals surface area contributed by atoms with Gasteiger partial charge in [0.1, 0.15) is 0 Å². The second-order valence-corrected chi connectivity index (χ2v) is 16.7. The van der Waals surface area contributed by atoms with Crippen molar-refractivity contribution in [3.8, 4) is 56.7 Å². The Morgan fingerprint density at radius 1 is 0.323 bits per heavy atom. The summed E-state index contributed by atoms with van der Waals surface area (Å²) in [4.78, 5) is 15.0.